The molecule has 1 amide bonds. The van der Waals surface area contributed by atoms with Gasteiger partial charge in [-0.1, -0.05) is 48.5 Å². The highest BCUT2D eigenvalue weighted by molar-refractivity contribution is 6.13. The maximum atomic E-state index is 12.6. The second kappa shape index (κ2) is 6.98. The van der Waals surface area contributed by atoms with Crippen molar-refractivity contribution in [3.05, 3.63) is 66.4 Å². The lowest BCUT2D eigenvalue weighted by atomic mass is 10.1. The van der Waals surface area contributed by atoms with Crippen LogP contribution >= 0.6 is 0 Å². The Labute approximate surface area is 151 Å². The van der Waals surface area contributed by atoms with Crippen molar-refractivity contribution in [2.45, 2.75) is 0 Å². The van der Waals surface area contributed by atoms with E-state index in [1.165, 1.54) is 0 Å². The molecular weight excluding hydrogens is 326 g/mol. The van der Waals surface area contributed by atoms with Crippen LogP contribution in [0.4, 0.5) is 0 Å². The number of H-pyrrole nitrogens is 1. The first kappa shape index (κ1) is 16.3. The smallest absolute Gasteiger partial charge is 0.270 e. The van der Waals surface area contributed by atoms with E-state index in [0.29, 0.717) is 18.8 Å². The molecule has 0 fully saturated rings. The van der Waals surface area contributed by atoms with E-state index in [9.17, 15) is 4.79 Å². The van der Waals surface area contributed by atoms with Gasteiger partial charge in [-0.3, -0.25) is 4.79 Å². The summed E-state index contributed by atoms with van der Waals surface area (Å²) in [5.74, 6) is -0.202. The maximum absolute atomic E-state index is 12.6. The molecule has 0 unspecified atom stereocenters. The number of fused-ring (bicyclic) bond motifs is 3. The van der Waals surface area contributed by atoms with Gasteiger partial charge in [0.15, 0.2) is 0 Å². The summed E-state index contributed by atoms with van der Waals surface area (Å²) in [7, 11) is 1.61. The number of methoxy groups -OCH3 is 1. The SMILES string of the molecule is COCCNC(=O)c1cc2c([nH]c3ccccc32)c(-c2ccccc2)n1. The number of hydrogen-bond donors (Lipinski definition) is 2. The first-order valence-corrected chi connectivity index (χ1v) is 8.52. The molecule has 0 radical (unpaired) electrons. The van der Waals surface area contributed by atoms with Crippen molar-refractivity contribution in [1.29, 1.82) is 0 Å². The molecule has 4 aromatic rings. The highest BCUT2D eigenvalue weighted by atomic mass is 16.5. The van der Waals surface area contributed by atoms with E-state index in [1.807, 2.05) is 54.6 Å². The van der Waals surface area contributed by atoms with Crippen LogP contribution in [-0.4, -0.2) is 36.1 Å². The van der Waals surface area contributed by atoms with E-state index in [0.717, 1.165) is 33.1 Å². The fourth-order valence-electron chi connectivity index (χ4n) is 3.12. The molecule has 4 rings (SSSR count). The topological polar surface area (TPSA) is 67.0 Å². The second-order valence-electron chi connectivity index (χ2n) is 6.06. The lowest BCUT2D eigenvalue weighted by Gasteiger charge is -2.08. The first-order chi connectivity index (χ1) is 12.8. The number of amides is 1. The van der Waals surface area contributed by atoms with E-state index in [2.05, 4.69) is 21.4 Å². The minimum Gasteiger partial charge on any atom is -0.383 e. The summed E-state index contributed by atoms with van der Waals surface area (Å²) < 4.78 is 5.00. The highest BCUT2D eigenvalue weighted by Gasteiger charge is 2.16. The number of hydrogen-bond acceptors (Lipinski definition) is 3. The summed E-state index contributed by atoms with van der Waals surface area (Å²) >= 11 is 0. The Hall–Kier alpha value is -3.18. The molecule has 0 aliphatic rings. The fourth-order valence-corrected chi connectivity index (χ4v) is 3.12. The van der Waals surface area contributed by atoms with Crippen LogP contribution in [0.2, 0.25) is 0 Å². The number of benzene rings is 2. The summed E-state index contributed by atoms with van der Waals surface area (Å²) in [5.41, 5.74) is 4.10. The lowest BCUT2D eigenvalue weighted by Crippen LogP contribution is -2.27. The van der Waals surface area contributed by atoms with Gasteiger partial charge in [0, 0.05) is 35.5 Å². The van der Waals surface area contributed by atoms with Gasteiger partial charge in [-0.15, -0.1) is 0 Å². The molecule has 2 aromatic carbocycles. The molecule has 0 atom stereocenters. The molecule has 0 aliphatic carbocycles. The number of rotatable bonds is 5. The second-order valence-corrected chi connectivity index (χ2v) is 6.06. The third-order valence-corrected chi connectivity index (χ3v) is 4.37. The fraction of sp³-hybridized carbons (Fsp3) is 0.143. The number of ether oxygens (including phenoxy) is 1. The Morgan fingerprint density at radius 3 is 2.65 bits per heavy atom. The largest absolute Gasteiger partial charge is 0.383 e. The van der Waals surface area contributed by atoms with Crippen LogP contribution in [0.1, 0.15) is 10.5 Å². The number of pyridine rings is 1. The molecule has 0 saturated carbocycles. The molecule has 0 saturated heterocycles. The molecule has 130 valence electrons. The van der Waals surface area contributed by atoms with Gasteiger partial charge in [-0.05, 0) is 12.1 Å². The molecule has 0 aliphatic heterocycles. The van der Waals surface area contributed by atoms with Crippen molar-refractivity contribution in [2.24, 2.45) is 0 Å². The summed E-state index contributed by atoms with van der Waals surface area (Å²) in [6.45, 7) is 0.913. The van der Waals surface area contributed by atoms with Gasteiger partial charge >= 0.3 is 0 Å². The van der Waals surface area contributed by atoms with Crippen molar-refractivity contribution in [3.8, 4) is 11.3 Å². The summed E-state index contributed by atoms with van der Waals surface area (Å²) in [5, 5.41) is 4.92. The average Bonchev–Trinajstić information content (AvgIpc) is 3.06. The van der Waals surface area contributed by atoms with Gasteiger partial charge < -0.3 is 15.0 Å². The number of para-hydroxylation sites is 1. The molecule has 0 spiro atoms. The number of nitrogens with one attached hydrogen (secondary N) is 2. The third kappa shape index (κ3) is 2.93. The Morgan fingerprint density at radius 2 is 1.85 bits per heavy atom. The van der Waals surface area contributed by atoms with E-state index < -0.39 is 0 Å². The highest BCUT2D eigenvalue weighted by Crippen LogP contribution is 2.32. The zero-order chi connectivity index (χ0) is 17.9. The van der Waals surface area contributed by atoms with E-state index in [4.69, 9.17) is 4.74 Å². The molecule has 2 N–H and O–H groups in total. The molecular formula is C21H19N3O2. The van der Waals surface area contributed by atoms with Crippen molar-refractivity contribution in [2.75, 3.05) is 20.3 Å². The molecule has 0 bridgehead atoms. The van der Waals surface area contributed by atoms with Crippen molar-refractivity contribution in [1.82, 2.24) is 15.3 Å². The van der Waals surface area contributed by atoms with Gasteiger partial charge in [-0.25, -0.2) is 4.98 Å². The molecule has 5 nitrogen and oxygen atoms in total. The van der Waals surface area contributed by atoms with Gasteiger partial charge in [0.05, 0.1) is 17.8 Å². The van der Waals surface area contributed by atoms with Crippen LogP contribution in [0, 0.1) is 0 Å². The van der Waals surface area contributed by atoms with Crippen molar-refractivity contribution < 1.29 is 9.53 Å². The lowest BCUT2D eigenvalue weighted by molar-refractivity contribution is 0.0932. The number of nitrogens with zero attached hydrogens (tertiary/aromatic N) is 1. The standard InChI is InChI=1S/C21H19N3O2/c1-26-12-11-22-21(25)18-13-16-15-9-5-6-10-17(15)23-20(16)19(24-18)14-7-3-2-4-8-14/h2-10,13,23H,11-12H2,1H3,(H,22,25). The number of carbonyl (C=O) groups is 1. The van der Waals surface area contributed by atoms with Crippen molar-refractivity contribution in [3.63, 3.8) is 0 Å². The zero-order valence-corrected chi connectivity index (χ0v) is 14.5. The Kier molecular flexibility index (Phi) is 4.37. The maximum Gasteiger partial charge on any atom is 0.270 e. The minimum absolute atomic E-state index is 0.202. The summed E-state index contributed by atoms with van der Waals surface area (Å²) in [4.78, 5) is 20.7. The molecule has 2 aromatic heterocycles. The number of aromatic nitrogens is 2. The average molecular weight is 345 g/mol. The van der Waals surface area contributed by atoms with Crippen LogP contribution < -0.4 is 5.32 Å². The summed E-state index contributed by atoms with van der Waals surface area (Å²) in [6, 6.07) is 19.8. The first-order valence-electron chi connectivity index (χ1n) is 8.52. The van der Waals surface area contributed by atoms with Crippen LogP contribution in [0.15, 0.2) is 60.7 Å². The predicted molar refractivity (Wildman–Crippen MR) is 103 cm³/mol. The Balaban J connectivity index is 1.91. The van der Waals surface area contributed by atoms with Gasteiger partial charge in [0.1, 0.15) is 5.69 Å². The normalized spacial score (nSPS) is 11.1. The van der Waals surface area contributed by atoms with Crippen LogP contribution in [-0.2, 0) is 4.74 Å². The quantitative estimate of drug-likeness (QED) is 0.541. The van der Waals surface area contributed by atoms with E-state index >= 15 is 0 Å². The van der Waals surface area contributed by atoms with Gasteiger partial charge in [0.25, 0.3) is 5.91 Å². The van der Waals surface area contributed by atoms with Gasteiger partial charge in [-0.2, -0.15) is 0 Å². The molecule has 5 heteroatoms. The van der Waals surface area contributed by atoms with E-state index in [1.54, 1.807) is 7.11 Å². The Bertz CT molecular complexity index is 1070. The monoisotopic (exact) mass is 345 g/mol. The Morgan fingerprint density at radius 1 is 1.08 bits per heavy atom. The van der Waals surface area contributed by atoms with Gasteiger partial charge in [0.2, 0.25) is 0 Å². The predicted octanol–water partition coefficient (Wildman–Crippen LogP) is 3.76. The number of carbonyl (C=O) groups excluding carboxylic acids is 1. The number of aromatic amines is 1. The van der Waals surface area contributed by atoms with Crippen LogP contribution in [0.3, 0.4) is 0 Å². The molecule has 2 heterocycles. The molecule has 26 heavy (non-hydrogen) atoms. The van der Waals surface area contributed by atoms with Crippen molar-refractivity contribution >= 4 is 27.7 Å². The summed E-state index contributed by atoms with van der Waals surface area (Å²) in [6.07, 6.45) is 0. The van der Waals surface area contributed by atoms with Crippen LogP contribution in [0.25, 0.3) is 33.1 Å². The zero-order valence-electron chi connectivity index (χ0n) is 14.5. The third-order valence-electron chi connectivity index (χ3n) is 4.37. The minimum atomic E-state index is -0.202. The van der Waals surface area contributed by atoms with E-state index in [-0.39, 0.29) is 5.91 Å². The van der Waals surface area contributed by atoms with Crippen LogP contribution in [0.5, 0.6) is 0 Å².